The van der Waals surface area contributed by atoms with Crippen molar-refractivity contribution in [2.75, 3.05) is 52.5 Å². The molecule has 6 nitrogen and oxygen atoms in total. The summed E-state index contributed by atoms with van der Waals surface area (Å²) in [5, 5.41) is 3.11. The van der Waals surface area contributed by atoms with Crippen molar-refractivity contribution in [1.82, 2.24) is 20.1 Å². The largest absolute Gasteiger partial charge is 0.379 e. The molecule has 0 unspecified atom stereocenters. The van der Waals surface area contributed by atoms with Gasteiger partial charge in [0.15, 0.2) is 0 Å². The normalized spacial score (nSPS) is 19.4. The van der Waals surface area contributed by atoms with Gasteiger partial charge in [0.1, 0.15) is 5.69 Å². The van der Waals surface area contributed by atoms with Gasteiger partial charge >= 0.3 is 0 Å². The maximum absolute atomic E-state index is 12.8. The number of aromatic amines is 1. The number of fused-ring (bicyclic) bond motifs is 1. The quantitative estimate of drug-likeness (QED) is 0.811. The molecule has 7 heteroatoms. The number of hydrogen-bond donors (Lipinski definition) is 2. The molecule has 2 aromatic rings. The van der Waals surface area contributed by atoms with Crippen LogP contribution in [-0.2, 0) is 11.3 Å². The van der Waals surface area contributed by atoms with Gasteiger partial charge in [-0.3, -0.25) is 14.6 Å². The third-order valence-corrected chi connectivity index (χ3v) is 6.43. The van der Waals surface area contributed by atoms with E-state index in [2.05, 4.69) is 33.1 Å². The Hall–Kier alpha value is -1.41. The minimum atomic E-state index is 0.0218. The topological polar surface area (TPSA) is 60.6 Å². The van der Waals surface area contributed by atoms with Crippen LogP contribution in [0.3, 0.4) is 0 Å². The Morgan fingerprint density at radius 3 is 2.77 bits per heavy atom. The van der Waals surface area contributed by atoms with Gasteiger partial charge in [-0.15, -0.1) is 11.3 Å². The number of rotatable bonds is 6. The number of likely N-dealkylation sites (tertiary alicyclic amines) is 1. The second kappa shape index (κ2) is 8.08. The first kappa shape index (κ1) is 18.0. The fraction of sp³-hybridized carbons (Fsp3) is 0.632. The summed E-state index contributed by atoms with van der Waals surface area (Å²) in [6, 6.07) is 2.15. The molecular formula is C19H28N4O2S. The zero-order chi connectivity index (χ0) is 17.9. The fourth-order valence-electron chi connectivity index (χ4n) is 3.90. The van der Waals surface area contributed by atoms with Gasteiger partial charge in [0, 0.05) is 43.2 Å². The molecule has 2 N–H and O–H groups in total. The predicted octanol–water partition coefficient (Wildman–Crippen LogP) is 2.20. The summed E-state index contributed by atoms with van der Waals surface area (Å²) in [7, 11) is 0. The van der Waals surface area contributed by atoms with Gasteiger partial charge in [0.2, 0.25) is 0 Å². The average Bonchev–Trinajstić information content (AvgIpc) is 3.34. The molecule has 4 rings (SSSR count). The van der Waals surface area contributed by atoms with Crippen molar-refractivity contribution in [3.8, 4) is 0 Å². The van der Waals surface area contributed by atoms with Gasteiger partial charge in [-0.1, -0.05) is 0 Å². The number of ether oxygens (including phenoxy) is 1. The van der Waals surface area contributed by atoms with Crippen LogP contribution in [0.25, 0.3) is 10.2 Å². The van der Waals surface area contributed by atoms with Crippen LogP contribution in [-0.4, -0.2) is 73.2 Å². The van der Waals surface area contributed by atoms with Crippen molar-refractivity contribution < 1.29 is 9.53 Å². The number of aromatic nitrogens is 1. The van der Waals surface area contributed by atoms with Gasteiger partial charge in [-0.05, 0) is 38.9 Å². The second-order valence-corrected chi connectivity index (χ2v) is 8.53. The van der Waals surface area contributed by atoms with Crippen LogP contribution < -0.4 is 5.32 Å². The van der Waals surface area contributed by atoms with Crippen molar-refractivity contribution in [3.05, 3.63) is 22.2 Å². The molecule has 4 heterocycles. The highest BCUT2D eigenvalue weighted by atomic mass is 32.1. The van der Waals surface area contributed by atoms with Crippen molar-refractivity contribution in [1.29, 1.82) is 0 Å². The van der Waals surface area contributed by atoms with Crippen LogP contribution in [0.1, 0.15) is 33.8 Å². The van der Waals surface area contributed by atoms with Crippen LogP contribution in [0, 0.1) is 6.92 Å². The number of carbonyl (C=O) groups is 1. The lowest BCUT2D eigenvalue weighted by Crippen LogP contribution is -2.41. The van der Waals surface area contributed by atoms with E-state index in [1.807, 2.05) is 0 Å². The summed E-state index contributed by atoms with van der Waals surface area (Å²) in [5.41, 5.74) is 3.02. The predicted molar refractivity (Wildman–Crippen MR) is 105 cm³/mol. The number of thiophene rings is 1. The Balaban J connectivity index is 1.45. The molecule has 2 aliphatic rings. The first-order chi connectivity index (χ1) is 12.7. The highest BCUT2D eigenvalue weighted by molar-refractivity contribution is 7.19. The van der Waals surface area contributed by atoms with E-state index in [9.17, 15) is 4.79 Å². The third kappa shape index (κ3) is 3.96. The molecule has 0 aliphatic carbocycles. The standard InChI is InChI=1S/C19H28N4O2S/c1-14-12-16-18(26-14)15(13-23-5-2-3-6-23)17(21-16)19(24)20-4-7-22-8-10-25-11-9-22/h12,21H,2-11,13H2,1H3,(H,20,24). The molecule has 2 saturated heterocycles. The molecule has 26 heavy (non-hydrogen) atoms. The lowest BCUT2D eigenvalue weighted by Gasteiger charge is -2.26. The lowest BCUT2D eigenvalue weighted by molar-refractivity contribution is 0.0383. The zero-order valence-electron chi connectivity index (χ0n) is 15.5. The number of hydrogen-bond acceptors (Lipinski definition) is 5. The van der Waals surface area contributed by atoms with E-state index in [0.717, 1.165) is 63.7 Å². The molecular weight excluding hydrogens is 348 g/mol. The molecule has 2 aliphatic heterocycles. The molecule has 0 bridgehead atoms. The molecule has 0 atom stereocenters. The Labute approximate surface area is 158 Å². The monoisotopic (exact) mass is 376 g/mol. The Kier molecular flexibility index (Phi) is 5.59. The number of carbonyl (C=O) groups excluding carboxylic acids is 1. The lowest BCUT2D eigenvalue weighted by atomic mass is 10.2. The van der Waals surface area contributed by atoms with Gasteiger partial charge in [-0.25, -0.2) is 0 Å². The second-order valence-electron chi connectivity index (χ2n) is 7.27. The number of nitrogens with zero attached hydrogens (tertiary/aromatic N) is 2. The van der Waals surface area contributed by atoms with Crippen molar-refractivity contribution in [2.24, 2.45) is 0 Å². The summed E-state index contributed by atoms with van der Waals surface area (Å²) in [6.07, 6.45) is 2.52. The maximum Gasteiger partial charge on any atom is 0.268 e. The smallest absolute Gasteiger partial charge is 0.268 e. The van der Waals surface area contributed by atoms with E-state index >= 15 is 0 Å². The minimum absolute atomic E-state index is 0.0218. The van der Waals surface area contributed by atoms with E-state index < -0.39 is 0 Å². The molecule has 0 spiro atoms. The van der Waals surface area contributed by atoms with E-state index in [1.165, 1.54) is 28.0 Å². The number of aryl methyl sites for hydroxylation is 1. The summed E-state index contributed by atoms with van der Waals surface area (Å²) >= 11 is 1.79. The van der Waals surface area contributed by atoms with Crippen LogP contribution in [0.2, 0.25) is 0 Å². The summed E-state index contributed by atoms with van der Waals surface area (Å²) < 4.78 is 6.62. The SMILES string of the molecule is Cc1cc2[nH]c(C(=O)NCCN3CCOCC3)c(CN3CCCC3)c2s1. The van der Waals surface area contributed by atoms with E-state index in [-0.39, 0.29) is 5.91 Å². The van der Waals surface area contributed by atoms with Crippen molar-refractivity contribution >= 4 is 27.5 Å². The van der Waals surface area contributed by atoms with Crippen molar-refractivity contribution in [2.45, 2.75) is 26.3 Å². The molecule has 1 amide bonds. The molecule has 2 fully saturated rings. The summed E-state index contributed by atoms with van der Waals surface area (Å²) in [6.45, 7) is 10.3. The summed E-state index contributed by atoms with van der Waals surface area (Å²) in [4.78, 5) is 22.3. The first-order valence-corrected chi connectivity index (χ1v) is 10.4. The van der Waals surface area contributed by atoms with Crippen LogP contribution >= 0.6 is 11.3 Å². The van der Waals surface area contributed by atoms with Crippen molar-refractivity contribution in [3.63, 3.8) is 0 Å². The number of morpholine rings is 1. The number of nitrogens with one attached hydrogen (secondary N) is 2. The zero-order valence-corrected chi connectivity index (χ0v) is 16.3. The Morgan fingerprint density at radius 1 is 1.23 bits per heavy atom. The molecule has 0 radical (unpaired) electrons. The molecule has 2 aromatic heterocycles. The average molecular weight is 377 g/mol. The molecule has 0 aromatic carbocycles. The highest BCUT2D eigenvalue weighted by Crippen LogP contribution is 2.32. The Bertz CT molecular complexity index is 757. The van der Waals surface area contributed by atoms with Crippen LogP contribution in [0.5, 0.6) is 0 Å². The molecule has 0 saturated carbocycles. The fourth-order valence-corrected chi connectivity index (χ4v) is 4.91. The van der Waals surface area contributed by atoms with Crippen LogP contribution in [0.15, 0.2) is 6.07 Å². The number of amides is 1. The first-order valence-electron chi connectivity index (χ1n) is 9.62. The van der Waals surface area contributed by atoms with E-state index in [4.69, 9.17) is 4.74 Å². The highest BCUT2D eigenvalue weighted by Gasteiger charge is 2.23. The summed E-state index contributed by atoms with van der Waals surface area (Å²) in [5.74, 6) is 0.0218. The van der Waals surface area contributed by atoms with Gasteiger partial charge in [-0.2, -0.15) is 0 Å². The maximum atomic E-state index is 12.8. The minimum Gasteiger partial charge on any atom is -0.379 e. The number of H-pyrrole nitrogens is 1. The molecule has 142 valence electrons. The van der Waals surface area contributed by atoms with Gasteiger partial charge in [0.25, 0.3) is 5.91 Å². The van der Waals surface area contributed by atoms with E-state index in [0.29, 0.717) is 6.54 Å². The van der Waals surface area contributed by atoms with Gasteiger partial charge < -0.3 is 15.0 Å². The van der Waals surface area contributed by atoms with Crippen LogP contribution in [0.4, 0.5) is 0 Å². The Morgan fingerprint density at radius 2 is 2.00 bits per heavy atom. The van der Waals surface area contributed by atoms with Gasteiger partial charge in [0.05, 0.1) is 23.4 Å². The van der Waals surface area contributed by atoms with E-state index in [1.54, 1.807) is 11.3 Å². The third-order valence-electron chi connectivity index (χ3n) is 5.32.